The minimum atomic E-state index is -0.550. The molecule has 0 saturated heterocycles. The molecule has 0 aliphatic heterocycles. The third-order valence-corrected chi connectivity index (χ3v) is 2.85. The van der Waals surface area contributed by atoms with E-state index in [2.05, 4.69) is 4.98 Å². The molecule has 4 nitrogen and oxygen atoms in total. The molecule has 0 radical (unpaired) electrons. The van der Waals surface area contributed by atoms with Crippen molar-refractivity contribution in [3.63, 3.8) is 0 Å². The maximum atomic E-state index is 13.5. The number of ketones is 1. The molecule has 1 aromatic heterocycles. The van der Waals surface area contributed by atoms with Gasteiger partial charge in [-0.1, -0.05) is 6.07 Å². The predicted octanol–water partition coefficient (Wildman–Crippen LogP) is 2.66. The lowest BCUT2D eigenvalue weighted by molar-refractivity contribution is 0.0992. The van der Waals surface area contributed by atoms with Crippen LogP contribution < -0.4 is 9.47 Å². The van der Waals surface area contributed by atoms with Crippen molar-refractivity contribution in [2.75, 3.05) is 14.2 Å². The van der Waals surface area contributed by atoms with E-state index in [1.54, 1.807) is 24.4 Å². The summed E-state index contributed by atoms with van der Waals surface area (Å²) in [5, 5.41) is 0. The monoisotopic (exact) mass is 275 g/mol. The maximum absolute atomic E-state index is 13.5. The lowest BCUT2D eigenvalue weighted by Gasteiger charge is -2.05. The molecule has 0 aliphatic carbocycles. The normalized spacial score (nSPS) is 10.2. The van der Waals surface area contributed by atoms with Crippen molar-refractivity contribution in [1.82, 2.24) is 4.98 Å². The molecule has 0 fully saturated rings. The fraction of sp³-hybridized carbons (Fsp3) is 0.200. The molecule has 5 heteroatoms. The van der Waals surface area contributed by atoms with Gasteiger partial charge in [0.1, 0.15) is 0 Å². The number of benzene rings is 1. The average molecular weight is 275 g/mol. The van der Waals surface area contributed by atoms with Crippen LogP contribution in [0.5, 0.6) is 11.6 Å². The molecule has 104 valence electrons. The van der Waals surface area contributed by atoms with E-state index in [1.807, 2.05) is 0 Å². The highest BCUT2D eigenvalue weighted by atomic mass is 19.1. The van der Waals surface area contributed by atoms with E-state index in [-0.39, 0.29) is 18.0 Å². The number of rotatable bonds is 5. The molecular formula is C15H14FNO3. The van der Waals surface area contributed by atoms with Crippen LogP contribution >= 0.6 is 0 Å². The molecule has 1 aromatic carbocycles. The van der Waals surface area contributed by atoms with Crippen molar-refractivity contribution in [2.45, 2.75) is 6.42 Å². The van der Waals surface area contributed by atoms with Gasteiger partial charge >= 0.3 is 0 Å². The maximum Gasteiger partial charge on any atom is 0.212 e. The summed E-state index contributed by atoms with van der Waals surface area (Å²) in [6.07, 6.45) is 1.72. The largest absolute Gasteiger partial charge is 0.494 e. The number of halogens is 1. The molecule has 0 atom stereocenters. The van der Waals surface area contributed by atoms with Gasteiger partial charge in [0, 0.05) is 24.2 Å². The van der Waals surface area contributed by atoms with E-state index < -0.39 is 5.82 Å². The number of methoxy groups -OCH3 is 2. The smallest absolute Gasteiger partial charge is 0.212 e. The first kappa shape index (κ1) is 14.0. The number of Topliss-reactive ketones (excluding diaryl/α,β-unsaturated/α-hetero) is 1. The van der Waals surface area contributed by atoms with Gasteiger partial charge in [-0.2, -0.15) is 0 Å². The highest BCUT2D eigenvalue weighted by molar-refractivity contribution is 5.97. The Morgan fingerprint density at radius 2 is 2.00 bits per heavy atom. The van der Waals surface area contributed by atoms with E-state index in [4.69, 9.17) is 9.47 Å². The van der Waals surface area contributed by atoms with Gasteiger partial charge in [0.2, 0.25) is 5.88 Å². The number of nitrogens with zero attached hydrogens (tertiary/aromatic N) is 1. The molecule has 0 aliphatic rings. The first-order valence-corrected chi connectivity index (χ1v) is 5.99. The summed E-state index contributed by atoms with van der Waals surface area (Å²) in [6.45, 7) is 0. The summed E-state index contributed by atoms with van der Waals surface area (Å²) in [6, 6.07) is 7.59. The third-order valence-electron chi connectivity index (χ3n) is 2.85. The number of aromatic nitrogens is 1. The first-order chi connectivity index (χ1) is 9.63. The van der Waals surface area contributed by atoms with Crippen molar-refractivity contribution in [3.05, 3.63) is 53.5 Å². The highest BCUT2D eigenvalue weighted by Gasteiger charge is 2.11. The zero-order valence-electron chi connectivity index (χ0n) is 11.2. The Morgan fingerprint density at radius 3 is 2.55 bits per heavy atom. The Morgan fingerprint density at radius 1 is 1.20 bits per heavy atom. The lowest BCUT2D eigenvalue weighted by atomic mass is 10.0. The summed E-state index contributed by atoms with van der Waals surface area (Å²) < 4.78 is 23.3. The van der Waals surface area contributed by atoms with Crippen LogP contribution in [0.25, 0.3) is 0 Å². The summed E-state index contributed by atoms with van der Waals surface area (Å²) >= 11 is 0. The van der Waals surface area contributed by atoms with Crippen LogP contribution in [0, 0.1) is 5.82 Å². The molecular weight excluding hydrogens is 261 g/mol. The molecule has 1 heterocycles. The van der Waals surface area contributed by atoms with Crippen LogP contribution in [0.1, 0.15) is 15.9 Å². The fourth-order valence-corrected chi connectivity index (χ4v) is 1.76. The SMILES string of the molecule is COc1ccc(CC(=O)c2ccc(OC)c(F)c2)cn1. The lowest BCUT2D eigenvalue weighted by Crippen LogP contribution is -2.05. The van der Waals surface area contributed by atoms with Crippen LogP contribution in [-0.4, -0.2) is 25.0 Å². The average Bonchev–Trinajstić information content (AvgIpc) is 2.48. The summed E-state index contributed by atoms with van der Waals surface area (Å²) in [4.78, 5) is 16.1. The quantitative estimate of drug-likeness (QED) is 0.787. The molecule has 0 unspecified atom stereocenters. The van der Waals surface area contributed by atoms with Gasteiger partial charge in [0.05, 0.1) is 14.2 Å². The molecule has 2 rings (SSSR count). The van der Waals surface area contributed by atoms with E-state index >= 15 is 0 Å². The van der Waals surface area contributed by atoms with Gasteiger partial charge in [-0.25, -0.2) is 9.37 Å². The standard InChI is InChI=1S/C15H14FNO3/c1-19-14-5-4-11(8-12(14)16)13(18)7-10-3-6-15(20-2)17-9-10/h3-6,8-9H,7H2,1-2H3. The summed E-state index contributed by atoms with van der Waals surface area (Å²) in [5.74, 6) is -0.130. The van der Waals surface area contributed by atoms with Crippen LogP contribution in [0.4, 0.5) is 4.39 Å². The second-order valence-electron chi connectivity index (χ2n) is 4.16. The third kappa shape index (κ3) is 3.12. The van der Waals surface area contributed by atoms with Crippen molar-refractivity contribution in [3.8, 4) is 11.6 Å². The van der Waals surface area contributed by atoms with Gasteiger partial charge in [-0.3, -0.25) is 4.79 Å². The Kier molecular flexibility index (Phi) is 4.30. The molecule has 20 heavy (non-hydrogen) atoms. The number of carbonyl (C=O) groups excluding carboxylic acids is 1. The summed E-state index contributed by atoms with van der Waals surface area (Å²) in [5.41, 5.74) is 1.05. The van der Waals surface area contributed by atoms with Crippen LogP contribution in [0.2, 0.25) is 0 Å². The van der Waals surface area contributed by atoms with Gasteiger partial charge in [0.15, 0.2) is 17.3 Å². The zero-order chi connectivity index (χ0) is 14.5. The zero-order valence-corrected chi connectivity index (χ0v) is 11.2. The van der Waals surface area contributed by atoms with Gasteiger partial charge in [-0.15, -0.1) is 0 Å². The number of carbonyl (C=O) groups is 1. The van der Waals surface area contributed by atoms with Crippen molar-refractivity contribution in [2.24, 2.45) is 0 Å². The molecule has 0 N–H and O–H groups in total. The fourth-order valence-electron chi connectivity index (χ4n) is 1.76. The second kappa shape index (κ2) is 6.14. The number of hydrogen-bond donors (Lipinski definition) is 0. The number of hydrogen-bond acceptors (Lipinski definition) is 4. The Balaban J connectivity index is 2.12. The Labute approximate surface area is 116 Å². The minimum absolute atomic E-state index is 0.118. The molecule has 2 aromatic rings. The first-order valence-electron chi connectivity index (χ1n) is 5.99. The van der Waals surface area contributed by atoms with Gasteiger partial charge < -0.3 is 9.47 Å². The van der Waals surface area contributed by atoms with E-state index in [0.29, 0.717) is 11.4 Å². The van der Waals surface area contributed by atoms with Crippen LogP contribution in [0.15, 0.2) is 36.5 Å². The highest BCUT2D eigenvalue weighted by Crippen LogP contribution is 2.19. The summed E-state index contributed by atoms with van der Waals surface area (Å²) in [7, 11) is 2.90. The van der Waals surface area contributed by atoms with Crippen molar-refractivity contribution in [1.29, 1.82) is 0 Å². The molecule has 0 amide bonds. The van der Waals surface area contributed by atoms with E-state index in [0.717, 1.165) is 5.56 Å². The Hall–Kier alpha value is -2.43. The van der Waals surface area contributed by atoms with Gasteiger partial charge in [0.25, 0.3) is 0 Å². The van der Waals surface area contributed by atoms with Crippen molar-refractivity contribution < 1.29 is 18.7 Å². The topological polar surface area (TPSA) is 48.4 Å². The number of ether oxygens (including phenoxy) is 2. The van der Waals surface area contributed by atoms with Gasteiger partial charge in [-0.05, 0) is 23.8 Å². The minimum Gasteiger partial charge on any atom is -0.494 e. The number of pyridine rings is 1. The predicted molar refractivity (Wildman–Crippen MR) is 71.8 cm³/mol. The Bertz CT molecular complexity index is 611. The van der Waals surface area contributed by atoms with Crippen LogP contribution in [-0.2, 0) is 6.42 Å². The molecule has 0 saturated carbocycles. The van der Waals surface area contributed by atoms with Crippen molar-refractivity contribution >= 4 is 5.78 Å². The molecule has 0 spiro atoms. The molecule has 0 bridgehead atoms. The second-order valence-corrected chi connectivity index (χ2v) is 4.16. The van der Waals surface area contributed by atoms with Crippen LogP contribution in [0.3, 0.4) is 0 Å². The van der Waals surface area contributed by atoms with E-state index in [1.165, 1.54) is 26.4 Å². The van der Waals surface area contributed by atoms with E-state index in [9.17, 15) is 9.18 Å².